The number of amides is 1. The monoisotopic (exact) mass is 465 g/mol. The van der Waals surface area contributed by atoms with Gasteiger partial charge in [0.25, 0.3) is 5.91 Å². The maximum atomic E-state index is 12.6. The van der Waals surface area contributed by atoms with Crippen molar-refractivity contribution in [3.8, 4) is 5.75 Å². The highest BCUT2D eigenvalue weighted by atomic mass is 35.5. The van der Waals surface area contributed by atoms with Crippen molar-refractivity contribution < 1.29 is 19.1 Å². The molecule has 0 aliphatic heterocycles. The minimum Gasteiger partial charge on any atom is -0.471 e. The van der Waals surface area contributed by atoms with Crippen molar-refractivity contribution in [2.45, 2.75) is 13.3 Å². The summed E-state index contributed by atoms with van der Waals surface area (Å²) in [5, 5.41) is 11.8. The van der Waals surface area contributed by atoms with E-state index in [2.05, 4.69) is 15.5 Å². The van der Waals surface area contributed by atoms with Crippen LogP contribution in [0.25, 0.3) is 0 Å². The van der Waals surface area contributed by atoms with Crippen LogP contribution in [0.3, 0.4) is 0 Å². The van der Waals surface area contributed by atoms with E-state index >= 15 is 0 Å². The summed E-state index contributed by atoms with van der Waals surface area (Å²) >= 11 is 5.94. The van der Waals surface area contributed by atoms with Gasteiger partial charge < -0.3 is 14.8 Å². The molecule has 2 aromatic carbocycles. The molecule has 0 saturated heterocycles. The lowest BCUT2D eigenvalue weighted by atomic mass is 10.1. The van der Waals surface area contributed by atoms with Crippen LogP contribution in [-0.4, -0.2) is 38.5 Å². The SMILES string of the molecule is COC(=O)c1ccccc1Cn1cc(NC(=O)c2ccn(COc3cccc(Cl)c3)n2)cn1. The number of esters is 1. The molecule has 0 bridgehead atoms. The minimum atomic E-state index is -0.416. The summed E-state index contributed by atoms with van der Waals surface area (Å²) < 4.78 is 13.6. The number of nitrogens with zero attached hydrogens (tertiary/aromatic N) is 4. The van der Waals surface area contributed by atoms with Crippen LogP contribution < -0.4 is 10.1 Å². The van der Waals surface area contributed by atoms with Crippen LogP contribution in [-0.2, 0) is 18.0 Å². The molecular formula is C23H20ClN5O4. The number of methoxy groups -OCH3 is 1. The van der Waals surface area contributed by atoms with Gasteiger partial charge in [-0.15, -0.1) is 0 Å². The van der Waals surface area contributed by atoms with E-state index in [0.717, 1.165) is 5.56 Å². The first kappa shape index (κ1) is 22.1. The summed E-state index contributed by atoms with van der Waals surface area (Å²) in [4.78, 5) is 24.5. The van der Waals surface area contributed by atoms with Gasteiger partial charge in [0.2, 0.25) is 0 Å². The molecule has 0 aliphatic rings. The Kier molecular flexibility index (Phi) is 6.70. The van der Waals surface area contributed by atoms with Crippen LogP contribution in [0.5, 0.6) is 5.75 Å². The van der Waals surface area contributed by atoms with Crippen molar-refractivity contribution in [3.05, 3.63) is 95.0 Å². The zero-order valence-electron chi connectivity index (χ0n) is 17.6. The highest BCUT2D eigenvalue weighted by Gasteiger charge is 2.14. The first-order chi connectivity index (χ1) is 16.0. The van der Waals surface area contributed by atoms with Crippen LogP contribution in [0.15, 0.2) is 73.2 Å². The molecule has 0 aliphatic carbocycles. The molecule has 4 aromatic rings. The summed E-state index contributed by atoms with van der Waals surface area (Å²) in [7, 11) is 1.34. The van der Waals surface area contributed by atoms with Gasteiger partial charge in [0, 0.05) is 17.4 Å². The lowest BCUT2D eigenvalue weighted by Gasteiger charge is -2.07. The largest absolute Gasteiger partial charge is 0.471 e. The van der Waals surface area contributed by atoms with Crippen molar-refractivity contribution in [3.63, 3.8) is 0 Å². The molecule has 0 radical (unpaired) electrons. The van der Waals surface area contributed by atoms with E-state index in [-0.39, 0.29) is 18.3 Å². The fourth-order valence-electron chi connectivity index (χ4n) is 3.10. The topological polar surface area (TPSA) is 100 Å². The highest BCUT2D eigenvalue weighted by molar-refractivity contribution is 6.30. The molecule has 2 heterocycles. The van der Waals surface area contributed by atoms with Crippen molar-refractivity contribution in [1.82, 2.24) is 19.6 Å². The average molecular weight is 466 g/mol. The molecule has 1 N–H and O–H groups in total. The molecule has 9 nitrogen and oxygen atoms in total. The van der Waals surface area contributed by atoms with E-state index in [0.29, 0.717) is 28.6 Å². The zero-order chi connectivity index (χ0) is 23.2. The van der Waals surface area contributed by atoms with Gasteiger partial charge in [0.05, 0.1) is 31.1 Å². The third-order valence-corrected chi connectivity index (χ3v) is 4.91. The van der Waals surface area contributed by atoms with Crippen molar-refractivity contribution in [1.29, 1.82) is 0 Å². The predicted molar refractivity (Wildman–Crippen MR) is 121 cm³/mol. The first-order valence-electron chi connectivity index (χ1n) is 9.93. The van der Waals surface area contributed by atoms with Crippen LogP contribution in [0.4, 0.5) is 5.69 Å². The third kappa shape index (κ3) is 5.58. The van der Waals surface area contributed by atoms with Gasteiger partial charge in [-0.05, 0) is 35.9 Å². The van der Waals surface area contributed by atoms with E-state index in [1.54, 1.807) is 59.5 Å². The van der Waals surface area contributed by atoms with E-state index in [1.165, 1.54) is 18.0 Å². The minimum absolute atomic E-state index is 0.130. The van der Waals surface area contributed by atoms with Gasteiger partial charge in [-0.1, -0.05) is 35.9 Å². The Morgan fingerprint density at radius 2 is 1.94 bits per heavy atom. The van der Waals surface area contributed by atoms with E-state index < -0.39 is 5.97 Å². The molecule has 0 saturated carbocycles. The number of aromatic nitrogens is 4. The lowest BCUT2D eigenvalue weighted by Crippen LogP contribution is -2.14. The summed E-state index contributed by atoms with van der Waals surface area (Å²) in [6, 6.07) is 15.7. The second-order valence-corrected chi connectivity index (χ2v) is 7.44. The molecule has 33 heavy (non-hydrogen) atoms. The van der Waals surface area contributed by atoms with Crippen LogP contribution in [0, 0.1) is 0 Å². The second-order valence-electron chi connectivity index (χ2n) is 7.00. The molecule has 0 fully saturated rings. The Hall–Kier alpha value is -4.11. The third-order valence-electron chi connectivity index (χ3n) is 4.68. The standard InChI is InChI=1S/C23H20ClN5O4/c1-32-23(31)20-8-3-2-5-16(20)13-29-14-18(12-25-29)26-22(30)21-9-10-28(27-21)15-33-19-7-4-6-17(24)11-19/h2-12,14H,13,15H2,1H3,(H,26,30). The summed E-state index contributed by atoms with van der Waals surface area (Å²) in [6.07, 6.45) is 4.84. The summed E-state index contributed by atoms with van der Waals surface area (Å²) in [5.74, 6) is -0.197. The second kappa shape index (κ2) is 10.0. The normalized spacial score (nSPS) is 10.6. The molecule has 0 atom stereocenters. The van der Waals surface area contributed by atoms with Crippen LogP contribution in [0.1, 0.15) is 26.4 Å². The smallest absolute Gasteiger partial charge is 0.338 e. The Bertz CT molecular complexity index is 1280. The van der Waals surface area contributed by atoms with Crippen LogP contribution in [0.2, 0.25) is 5.02 Å². The average Bonchev–Trinajstić information content (AvgIpc) is 3.47. The molecular weight excluding hydrogens is 446 g/mol. The molecule has 1 amide bonds. The van der Waals surface area contributed by atoms with Crippen molar-refractivity contribution >= 4 is 29.2 Å². The van der Waals surface area contributed by atoms with Gasteiger partial charge in [0.15, 0.2) is 12.4 Å². The number of rotatable bonds is 8. The van der Waals surface area contributed by atoms with Gasteiger partial charge in [-0.2, -0.15) is 10.2 Å². The summed E-state index contributed by atoms with van der Waals surface area (Å²) in [6.45, 7) is 0.474. The predicted octanol–water partition coefficient (Wildman–Crippen LogP) is 3.86. The number of ether oxygens (including phenoxy) is 2. The molecule has 2 aromatic heterocycles. The van der Waals surface area contributed by atoms with Crippen molar-refractivity contribution in [2.24, 2.45) is 0 Å². The molecule has 0 spiro atoms. The molecule has 0 unspecified atom stereocenters. The number of carbonyl (C=O) groups excluding carboxylic acids is 2. The number of hydrogen-bond donors (Lipinski definition) is 1. The fraction of sp³-hybridized carbons (Fsp3) is 0.130. The fourth-order valence-corrected chi connectivity index (χ4v) is 3.28. The Morgan fingerprint density at radius 1 is 1.09 bits per heavy atom. The molecule has 4 rings (SSSR count). The van der Waals surface area contributed by atoms with E-state index in [4.69, 9.17) is 21.1 Å². The molecule has 10 heteroatoms. The van der Waals surface area contributed by atoms with E-state index in [9.17, 15) is 9.59 Å². The van der Waals surface area contributed by atoms with Gasteiger partial charge in [0.1, 0.15) is 5.75 Å². The number of anilines is 1. The maximum absolute atomic E-state index is 12.6. The van der Waals surface area contributed by atoms with Gasteiger partial charge in [-0.3, -0.25) is 9.48 Å². The van der Waals surface area contributed by atoms with E-state index in [1.807, 2.05) is 12.1 Å². The first-order valence-corrected chi connectivity index (χ1v) is 10.3. The highest BCUT2D eigenvalue weighted by Crippen LogP contribution is 2.18. The number of carbonyl (C=O) groups is 2. The quantitative estimate of drug-likeness (QED) is 0.397. The summed E-state index contributed by atoms with van der Waals surface area (Å²) in [5.41, 5.74) is 1.95. The molecule has 168 valence electrons. The number of halogens is 1. The lowest BCUT2D eigenvalue weighted by molar-refractivity contribution is 0.0599. The maximum Gasteiger partial charge on any atom is 0.338 e. The Labute approximate surface area is 194 Å². The Balaban J connectivity index is 1.36. The van der Waals surface area contributed by atoms with Gasteiger partial charge >= 0.3 is 5.97 Å². The van der Waals surface area contributed by atoms with Crippen molar-refractivity contribution in [2.75, 3.05) is 12.4 Å². The number of benzene rings is 2. The Morgan fingerprint density at radius 3 is 2.76 bits per heavy atom. The number of hydrogen-bond acceptors (Lipinski definition) is 6. The van der Waals surface area contributed by atoms with Gasteiger partial charge in [-0.25, -0.2) is 9.48 Å². The number of nitrogens with one attached hydrogen (secondary N) is 1. The van der Waals surface area contributed by atoms with Crippen LogP contribution >= 0.6 is 11.6 Å². The zero-order valence-corrected chi connectivity index (χ0v) is 18.4.